The number of ether oxygens (including phenoxy) is 2. The molecule has 3 aromatic rings. The van der Waals surface area contributed by atoms with Crippen LogP contribution in [0.15, 0.2) is 41.6 Å². The molecule has 0 unspecified atom stereocenters. The molecule has 3 rings (SSSR count). The summed E-state index contributed by atoms with van der Waals surface area (Å²) in [5, 5.41) is 26.4. The first-order valence-corrected chi connectivity index (χ1v) is 17.8. The van der Waals surface area contributed by atoms with E-state index in [0.717, 1.165) is 28.0 Å². The lowest BCUT2D eigenvalue weighted by atomic mass is 9.75. The fourth-order valence-electron chi connectivity index (χ4n) is 5.51. The van der Waals surface area contributed by atoms with Gasteiger partial charge >= 0.3 is 12.2 Å². The Labute approximate surface area is 294 Å². The smallest absolute Gasteiger partial charge is 0.404 e. The summed E-state index contributed by atoms with van der Waals surface area (Å²) in [5.41, 5.74) is 0.135. The second-order valence-corrected chi connectivity index (χ2v) is 15.4. The van der Waals surface area contributed by atoms with Crippen molar-refractivity contribution in [3.05, 3.63) is 53.1 Å². The van der Waals surface area contributed by atoms with Crippen LogP contribution in [0.25, 0.3) is 0 Å². The van der Waals surface area contributed by atoms with Gasteiger partial charge in [-0.25, -0.2) is 31.7 Å². The number of anilines is 2. The van der Waals surface area contributed by atoms with E-state index in [4.69, 9.17) is 26.2 Å². The summed E-state index contributed by atoms with van der Waals surface area (Å²) in [6.07, 6.45) is -0.226. The van der Waals surface area contributed by atoms with Gasteiger partial charge in [-0.05, 0) is 54.4 Å². The molecular weight excluding hydrogens is 703 g/mol. The fourth-order valence-corrected chi connectivity index (χ4v) is 8.01. The zero-order valence-corrected chi connectivity index (χ0v) is 30.4. The average molecular weight is 745 g/mol. The maximum absolute atomic E-state index is 15.8. The molecule has 0 aliphatic heterocycles. The van der Waals surface area contributed by atoms with Crippen LogP contribution >= 0.6 is 23.1 Å². The van der Waals surface area contributed by atoms with Crippen LogP contribution in [-0.2, 0) is 16.6 Å². The summed E-state index contributed by atoms with van der Waals surface area (Å²) in [7, 11) is -1.69. The van der Waals surface area contributed by atoms with Crippen LogP contribution in [0.4, 0.5) is 24.8 Å². The van der Waals surface area contributed by atoms with E-state index < -0.39 is 44.4 Å². The van der Waals surface area contributed by atoms with Gasteiger partial charge < -0.3 is 35.6 Å². The van der Waals surface area contributed by atoms with Crippen molar-refractivity contribution in [2.24, 2.45) is 17.3 Å². The number of halogens is 2. The summed E-state index contributed by atoms with van der Waals surface area (Å²) in [6.45, 7) is 7.69. The minimum atomic E-state index is -4.60. The number of nitrogens with zero attached hydrogens (tertiary/aromatic N) is 3. The molecule has 1 aromatic heterocycles. The van der Waals surface area contributed by atoms with Crippen molar-refractivity contribution < 1.29 is 42.1 Å². The van der Waals surface area contributed by atoms with E-state index in [1.807, 2.05) is 27.7 Å². The predicted molar refractivity (Wildman–Crippen MR) is 185 cm³/mol. The summed E-state index contributed by atoms with van der Waals surface area (Å²) in [4.78, 5) is 26.0. The molecule has 0 radical (unpaired) electrons. The van der Waals surface area contributed by atoms with Gasteiger partial charge in [0.1, 0.15) is 28.5 Å². The molecule has 5 N–H and O–H groups in total. The molecule has 1 heterocycles. The van der Waals surface area contributed by atoms with Gasteiger partial charge in [-0.15, -0.1) is 0 Å². The highest BCUT2D eigenvalue weighted by Crippen LogP contribution is 2.36. The molecule has 0 saturated heterocycles. The lowest BCUT2D eigenvalue weighted by Gasteiger charge is -2.36. The van der Waals surface area contributed by atoms with E-state index in [1.165, 1.54) is 20.5 Å². The third-order valence-electron chi connectivity index (χ3n) is 7.92. The quantitative estimate of drug-likeness (QED) is 0.101. The third kappa shape index (κ3) is 10.7. The number of sulfonamides is 1. The number of hydrogen-bond donors (Lipinski definition) is 5. The molecule has 0 bridgehead atoms. The van der Waals surface area contributed by atoms with Gasteiger partial charge in [0.25, 0.3) is 10.0 Å². The molecule has 0 spiro atoms. The monoisotopic (exact) mass is 744 g/mol. The van der Waals surface area contributed by atoms with Gasteiger partial charge in [0, 0.05) is 42.3 Å². The zero-order valence-electron chi connectivity index (χ0n) is 28.0. The van der Waals surface area contributed by atoms with Crippen LogP contribution in [0.2, 0.25) is 5.02 Å². The van der Waals surface area contributed by atoms with Gasteiger partial charge in [0.2, 0.25) is 5.13 Å². The first-order valence-electron chi connectivity index (χ1n) is 15.2. The van der Waals surface area contributed by atoms with Crippen LogP contribution in [0.3, 0.4) is 0 Å². The van der Waals surface area contributed by atoms with Crippen LogP contribution in [-0.4, -0.2) is 73.5 Å². The second-order valence-electron chi connectivity index (χ2n) is 12.4. The fraction of sp³-hybridized carbons (Fsp3) is 0.484. The number of benzene rings is 2. The first-order chi connectivity index (χ1) is 23.0. The molecule has 0 aliphatic carbocycles. The minimum absolute atomic E-state index is 0.00901. The summed E-state index contributed by atoms with van der Waals surface area (Å²) < 4.78 is 59.4. The molecule has 14 nitrogen and oxygen atoms in total. The molecule has 2 aromatic carbocycles. The second kappa shape index (κ2) is 17.0. The Morgan fingerprint density at radius 2 is 1.84 bits per heavy atom. The number of nitrogens with one attached hydrogen (secondary N) is 3. The van der Waals surface area contributed by atoms with Crippen molar-refractivity contribution in [1.29, 1.82) is 0 Å². The Morgan fingerprint density at radius 1 is 1.12 bits per heavy atom. The highest BCUT2D eigenvalue weighted by Gasteiger charge is 2.34. The summed E-state index contributed by atoms with van der Waals surface area (Å²) in [5.74, 6) is -0.734. The van der Waals surface area contributed by atoms with E-state index in [9.17, 15) is 23.1 Å². The van der Waals surface area contributed by atoms with E-state index in [0.29, 0.717) is 29.9 Å². The lowest BCUT2D eigenvalue weighted by molar-refractivity contribution is 0.158. The Hall–Kier alpha value is -4.09. The number of carboxylic acid groups (broad SMARTS) is 2. The normalized spacial score (nSPS) is 13.0. The number of carbonyl (C=O) groups is 2. The Kier molecular flexibility index (Phi) is 13.7. The number of aromatic nitrogens is 2. The molecular formula is C31H42ClFN6O8S2. The maximum atomic E-state index is 15.8. The summed E-state index contributed by atoms with van der Waals surface area (Å²) >= 11 is 7.38. The number of methoxy groups -OCH3 is 2. The number of amides is 2. The zero-order chi connectivity index (χ0) is 36.5. The van der Waals surface area contributed by atoms with Gasteiger partial charge in [-0.2, -0.15) is 4.37 Å². The molecule has 2 amide bonds. The van der Waals surface area contributed by atoms with Crippen molar-refractivity contribution in [1.82, 2.24) is 20.0 Å². The predicted octanol–water partition coefficient (Wildman–Crippen LogP) is 6.14. The Bertz CT molecular complexity index is 1700. The SMILES string of the molecule is COc1ccc(CN(c2ncns2)S(=O)(=O)c2cc(Cl)c(NC[C@H](CC(C)(C)CCNC(=O)O)[C@H](NC(=O)O)C(C)C)cc2F)c(OC)c1. The first kappa shape index (κ1) is 39.3. The largest absolute Gasteiger partial charge is 0.497 e. The topological polar surface area (TPSA) is 192 Å². The molecule has 0 aliphatic rings. The van der Waals surface area contributed by atoms with E-state index in [2.05, 4.69) is 25.3 Å². The Balaban J connectivity index is 1.94. The summed E-state index contributed by atoms with van der Waals surface area (Å²) in [6, 6.07) is 6.32. The standard InChI is InChI=1S/C31H42ClFN6O8S2/c1-18(2)27(38-30(42)43)20(14-31(3,4)9-10-34-29(40)41)15-35-24-13-23(33)26(12-22(24)32)49(44,45)39(28-36-17-37-48-28)16-19-7-8-21(46-5)11-25(19)47-6/h7-8,11-13,17-18,20,27,34-35,38H,9-10,14-16H2,1-6H3,(H,40,41)(H,42,43)/t20-,27+/m0/s1. The number of rotatable bonds is 18. The van der Waals surface area contributed by atoms with Crippen LogP contribution in [0.5, 0.6) is 11.5 Å². The molecule has 2 atom stereocenters. The van der Waals surface area contributed by atoms with Gasteiger partial charge in [0.05, 0.1) is 31.5 Å². The molecule has 0 saturated carbocycles. The van der Waals surface area contributed by atoms with Crippen LogP contribution in [0.1, 0.15) is 46.1 Å². The highest BCUT2D eigenvalue weighted by atomic mass is 35.5. The third-order valence-corrected chi connectivity index (χ3v) is 10.8. The van der Waals surface area contributed by atoms with Gasteiger partial charge in [-0.1, -0.05) is 39.3 Å². The molecule has 270 valence electrons. The van der Waals surface area contributed by atoms with Crippen molar-refractivity contribution in [3.63, 3.8) is 0 Å². The van der Waals surface area contributed by atoms with Crippen molar-refractivity contribution in [2.45, 2.75) is 58.0 Å². The maximum Gasteiger partial charge on any atom is 0.404 e. The highest BCUT2D eigenvalue weighted by molar-refractivity contribution is 7.93. The van der Waals surface area contributed by atoms with Gasteiger partial charge in [-0.3, -0.25) is 0 Å². The van der Waals surface area contributed by atoms with Crippen LogP contribution in [0, 0.1) is 23.1 Å². The molecule has 49 heavy (non-hydrogen) atoms. The van der Waals surface area contributed by atoms with Crippen LogP contribution < -0.4 is 29.7 Å². The van der Waals surface area contributed by atoms with E-state index in [1.54, 1.807) is 18.2 Å². The van der Waals surface area contributed by atoms with Crippen molar-refractivity contribution in [3.8, 4) is 11.5 Å². The number of hydrogen-bond acceptors (Lipinski definition) is 10. The van der Waals surface area contributed by atoms with Crippen molar-refractivity contribution >= 4 is 56.2 Å². The molecule has 18 heteroatoms. The van der Waals surface area contributed by atoms with E-state index >= 15 is 4.39 Å². The average Bonchev–Trinajstić information content (AvgIpc) is 3.55. The minimum Gasteiger partial charge on any atom is -0.497 e. The lowest BCUT2D eigenvalue weighted by Crippen LogP contribution is -2.47. The van der Waals surface area contributed by atoms with Gasteiger partial charge in [0.15, 0.2) is 0 Å². The van der Waals surface area contributed by atoms with E-state index in [-0.39, 0.29) is 47.3 Å². The molecule has 0 fully saturated rings. The Morgan fingerprint density at radius 3 is 2.41 bits per heavy atom. The van der Waals surface area contributed by atoms with Crippen molar-refractivity contribution in [2.75, 3.05) is 36.9 Å².